The van der Waals surface area contributed by atoms with Gasteiger partial charge < -0.3 is 15.8 Å². The number of primary amides is 1. The summed E-state index contributed by atoms with van der Waals surface area (Å²) in [7, 11) is 0. The van der Waals surface area contributed by atoms with Crippen LogP contribution in [0.25, 0.3) is 0 Å². The smallest absolute Gasteiger partial charge is 0.238 e. The lowest BCUT2D eigenvalue weighted by Gasteiger charge is -2.33. The van der Waals surface area contributed by atoms with Crippen molar-refractivity contribution in [3.63, 3.8) is 0 Å². The van der Waals surface area contributed by atoms with Gasteiger partial charge in [-0.3, -0.25) is 9.69 Å². The molecule has 3 N–H and O–H groups in total. The van der Waals surface area contributed by atoms with Gasteiger partial charge in [-0.1, -0.05) is 25.1 Å². The van der Waals surface area contributed by atoms with E-state index >= 15 is 0 Å². The molecule has 1 aliphatic heterocycles. The highest BCUT2D eigenvalue weighted by atomic mass is 16.5. The third kappa shape index (κ3) is 3.29. The molecular weight excluding hydrogens is 254 g/mol. The van der Waals surface area contributed by atoms with E-state index in [9.17, 15) is 4.79 Å². The van der Waals surface area contributed by atoms with E-state index in [0.717, 1.165) is 24.4 Å². The number of fused-ring (bicyclic) bond motifs is 1. The zero-order chi connectivity index (χ0) is 14.6. The molecule has 0 spiro atoms. The summed E-state index contributed by atoms with van der Waals surface area (Å²) in [5.74, 6) is 0.608. The lowest BCUT2D eigenvalue weighted by atomic mass is 10.00. The summed E-state index contributed by atoms with van der Waals surface area (Å²) in [5, 5.41) is 3.19. The number of nitrogens with two attached hydrogens (primary N) is 1. The van der Waals surface area contributed by atoms with Gasteiger partial charge in [0.05, 0.1) is 0 Å². The number of nitrogens with one attached hydrogen (secondary N) is 1. The molecule has 5 heteroatoms. The third-order valence-corrected chi connectivity index (χ3v) is 3.68. The number of amides is 1. The first-order chi connectivity index (χ1) is 9.55. The summed E-state index contributed by atoms with van der Waals surface area (Å²) in [4.78, 5) is 13.9. The number of likely N-dealkylation sites (N-methyl/N-ethyl adjacent to an activating group) is 1. The molecule has 1 amide bonds. The second kappa shape index (κ2) is 6.24. The molecule has 1 unspecified atom stereocenters. The Bertz CT molecular complexity index is 478. The highest BCUT2D eigenvalue weighted by Gasteiger charge is 2.33. The van der Waals surface area contributed by atoms with Crippen molar-refractivity contribution < 1.29 is 9.53 Å². The topological polar surface area (TPSA) is 67.6 Å². The molecule has 0 radical (unpaired) electrons. The lowest BCUT2D eigenvalue weighted by molar-refractivity contribution is -0.124. The van der Waals surface area contributed by atoms with E-state index in [1.54, 1.807) is 0 Å². The zero-order valence-corrected chi connectivity index (χ0v) is 12.2. The number of ether oxygens (including phenoxy) is 1. The Kier molecular flexibility index (Phi) is 4.62. The van der Waals surface area contributed by atoms with Crippen LogP contribution in [0.3, 0.4) is 0 Å². The first-order valence-electron chi connectivity index (χ1n) is 7.03. The van der Waals surface area contributed by atoms with E-state index < -0.39 is 5.54 Å². The Morgan fingerprint density at radius 2 is 2.25 bits per heavy atom. The molecule has 0 aromatic heterocycles. The van der Waals surface area contributed by atoms with Gasteiger partial charge in [0.2, 0.25) is 5.91 Å². The van der Waals surface area contributed by atoms with Crippen LogP contribution < -0.4 is 15.8 Å². The van der Waals surface area contributed by atoms with Gasteiger partial charge in [-0.15, -0.1) is 0 Å². The minimum Gasteiger partial charge on any atom is -0.492 e. The molecule has 1 aromatic carbocycles. The van der Waals surface area contributed by atoms with Crippen molar-refractivity contribution >= 4 is 5.91 Å². The fraction of sp³-hybridized carbons (Fsp3) is 0.533. The summed E-state index contributed by atoms with van der Waals surface area (Å²) in [5.41, 5.74) is 5.98. The Hall–Kier alpha value is -1.59. The van der Waals surface area contributed by atoms with Crippen molar-refractivity contribution in [1.29, 1.82) is 0 Å². The van der Waals surface area contributed by atoms with Gasteiger partial charge >= 0.3 is 0 Å². The van der Waals surface area contributed by atoms with E-state index in [2.05, 4.69) is 16.3 Å². The standard InChI is InChI=1S/C15H23N3O2/c1-3-17-15(2,14(16)19)11-18-8-9-20-13-7-5-4-6-12(13)10-18/h4-7,17H,3,8-11H2,1-2H3,(H2,16,19). The van der Waals surface area contributed by atoms with Crippen molar-refractivity contribution in [2.45, 2.75) is 25.9 Å². The van der Waals surface area contributed by atoms with Crippen LogP contribution in [0.5, 0.6) is 5.75 Å². The minimum absolute atomic E-state index is 0.321. The summed E-state index contributed by atoms with van der Waals surface area (Å²) >= 11 is 0. The highest BCUT2D eigenvalue weighted by molar-refractivity contribution is 5.84. The molecule has 1 heterocycles. The van der Waals surface area contributed by atoms with Crippen molar-refractivity contribution in [3.05, 3.63) is 29.8 Å². The third-order valence-electron chi connectivity index (χ3n) is 3.68. The summed E-state index contributed by atoms with van der Waals surface area (Å²) in [6.45, 7) is 7.29. The van der Waals surface area contributed by atoms with Crippen LogP contribution in [0.2, 0.25) is 0 Å². The van der Waals surface area contributed by atoms with Crippen LogP contribution >= 0.6 is 0 Å². The van der Waals surface area contributed by atoms with Gasteiger partial charge in [0.25, 0.3) is 0 Å². The first kappa shape index (κ1) is 14.8. The summed E-state index contributed by atoms with van der Waals surface area (Å²) in [6, 6.07) is 8.02. The molecular formula is C15H23N3O2. The van der Waals surface area contributed by atoms with Crippen molar-refractivity contribution in [2.24, 2.45) is 5.73 Å². The highest BCUT2D eigenvalue weighted by Crippen LogP contribution is 2.23. The fourth-order valence-corrected chi connectivity index (χ4v) is 2.57. The van der Waals surface area contributed by atoms with Gasteiger partial charge in [0.15, 0.2) is 0 Å². The van der Waals surface area contributed by atoms with Crippen molar-refractivity contribution in [1.82, 2.24) is 10.2 Å². The van der Waals surface area contributed by atoms with E-state index in [-0.39, 0.29) is 5.91 Å². The molecule has 0 saturated heterocycles. The second-order valence-electron chi connectivity index (χ2n) is 5.39. The van der Waals surface area contributed by atoms with Gasteiger partial charge in [0.1, 0.15) is 17.9 Å². The monoisotopic (exact) mass is 277 g/mol. The number of hydrogen-bond donors (Lipinski definition) is 2. The Labute approximate surface area is 120 Å². The number of rotatable bonds is 5. The summed E-state index contributed by atoms with van der Waals surface area (Å²) < 4.78 is 5.74. The van der Waals surface area contributed by atoms with Gasteiger partial charge in [-0.2, -0.15) is 0 Å². The molecule has 20 heavy (non-hydrogen) atoms. The molecule has 1 aromatic rings. The van der Waals surface area contributed by atoms with Crippen LogP contribution in [0.4, 0.5) is 0 Å². The van der Waals surface area contributed by atoms with Crippen LogP contribution in [-0.4, -0.2) is 42.6 Å². The number of para-hydroxylation sites is 1. The van der Waals surface area contributed by atoms with Crippen molar-refractivity contribution in [3.8, 4) is 5.75 Å². The normalized spacial score (nSPS) is 18.5. The quantitative estimate of drug-likeness (QED) is 0.833. The maximum atomic E-state index is 11.7. The maximum Gasteiger partial charge on any atom is 0.238 e. The predicted octanol–water partition coefficient (Wildman–Crippen LogP) is 0.734. The number of hydrogen-bond acceptors (Lipinski definition) is 4. The van der Waals surface area contributed by atoms with Gasteiger partial charge in [-0.25, -0.2) is 0 Å². The van der Waals surface area contributed by atoms with Crippen molar-refractivity contribution in [2.75, 3.05) is 26.2 Å². The first-order valence-corrected chi connectivity index (χ1v) is 7.03. The number of carbonyl (C=O) groups excluding carboxylic acids is 1. The van der Waals surface area contributed by atoms with Crippen LogP contribution in [0.1, 0.15) is 19.4 Å². The molecule has 0 bridgehead atoms. The number of benzene rings is 1. The molecule has 1 atom stereocenters. The maximum absolute atomic E-state index is 11.7. The molecule has 2 rings (SSSR count). The Morgan fingerprint density at radius 1 is 1.50 bits per heavy atom. The predicted molar refractivity (Wildman–Crippen MR) is 78.5 cm³/mol. The van der Waals surface area contributed by atoms with E-state index in [1.165, 1.54) is 0 Å². The van der Waals surface area contributed by atoms with E-state index in [4.69, 9.17) is 10.5 Å². The van der Waals surface area contributed by atoms with Gasteiger partial charge in [-0.05, 0) is 19.5 Å². The SMILES string of the molecule is CCNC(C)(CN1CCOc2ccccc2C1)C(N)=O. The number of nitrogens with zero attached hydrogens (tertiary/aromatic N) is 1. The average molecular weight is 277 g/mol. The average Bonchev–Trinajstić information content (AvgIpc) is 2.60. The zero-order valence-electron chi connectivity index (χ0n) is 12.2. The fourth-order valence-electron chi connectivity index (χ4n) is 2.57. The molecule has 1 aliphatic rings. The number of carbonyl (C=O) groups is 1. The molecule has 110 valence electrons. The van der Waals surface area contributed by atoms with Crippen LogP contribution in [0, 0.1) is 0 Å². The van der Waals surface area contributed by atoms with E-state index in [1.807, 2.05) is 32.0 Å². The van der Waals surface area contributed by atoms with E-state index in [0.29, 0.717) is 19.7 Å². The molecule has 0 saturated carbocycles. The molecule has 0 aliphatic carbocycles. The van der Waals surface area contributed by atoms with Gasteiger partial charge in [0, 0.05) is 25.2 Å². The van der Waals surface area contributed by atoms with Crippen LogP contribution in [0.15, 0.2) is 24.3 Å². The lowest BCUT2D eigenvalue weighted by Crippen LogP contribution is -2.59. The largest absolute Gasteiger partial charge is 0.492 e. The van der Waals surface area contributed by atoms with Crippen LogP contribution in [-0.2, 0) is 11.3 Å². The second-order valence-corrected chi connectivity index (χ2v) is 5.39. The Balaban J connectivity index is 2.12. The summed E-state index contributed by atoms with van der Waals surface area (Å²) in [6.07, 6.45) is 0. The molecule has 0 fully saturated rings. The minimum atomic E-state index is -0.714. The Morgan fingerprint density at radius 3 is 2.95 bits per heavy atom. The molecule has 5 nitrogen and oxygen atoms in total.